The number of benzene rings is 2. The fourth-order valence-corrected chi connectivity index (χ4v) is 11.9. The van der Waals surface area contributed by atoms with Crippen LogP contribution in [0.4, 0.5) is 17.5 Å². The van der Waals surface area contributed by atoms with E-state index in [1.807, 2.05) is 120 Å². The van der Waals surface area contributed by atoms with Crippen LogP contribution in [0, 0.1) is 3.70 Å². The van der Waals surface area contributed by atoms with E-state index in [-0.39, 0.29) is 46.8 Å². The van der Waals surface area contributed by atoms with Gasteiger partial charge in [0.25, 0.3) is 5.91 Å². The predicted molar refractivity (Wildman–Crippen MR) is 354 cm³/mol. The average Bonchev–Trinajstić information content (AvgIpc) is 1.69. The SMILES string of the molecule is CC1(C)OB(c2ccc(C(=O)Cc3ccccn3)cc2)OC1(C)C.CN(C/C=C/C(=O)N1CC[C@@H](n2nc(-c3ccc(C(=O)Nc4ccccn4)cc3)c3c(N)ncnc32)C1)C1CC1.CN(C/C=C/C(=O)N1CC[C@@H](n2nc(I)c3c(N)ncnc32)C1)C1CC1. The number of halogens is 1. The Labute approximate surface area is 537 Å². The summed E-state index contributed by atoms with van der Waals surface area (Å²) in [5.41, 5.74) is 17.2. The lowest BCUT2D eigenvalue weighted by atomic mass is 9.78. The van der Waals surface area contributed by atoms with Crippen molar-refractivity contribution in [3.8, 4) is 11.3 Å². The van der Waals surface area contributed by atoms with Gasteiger partial charge >= 0.3 is 7.12 Å². The Morgan fingerprint density at radius 2 is 1.17 bits per heavy atom. The van der Waals surface area contributed by atoms with Crippen molar-refractivity contribution in [1.82, 2.24) is 69.1 Å². The normalized spacial score (nSPS) is 18.6. The highest BCUT2D eigenvalue weighted by Gasteiger charge is 2.51. The van der Waals surface area contributed by atoms with Crippen molar-refractivity contribution < 1.29 is 28.5 Å². The number of Topliss-reactive ketones (excluding diaryl/α,β-unsaturated/α-hetero) is 1. The highest BCUT2D eigenvalue weighted by Crippen LogP contribution is 2.38. The summed E-state index contributed by atoms with van der Waals surface area (Å²) in [5.74, 6) is 1.13. The fraction of sp³-hybridized carbons (Fsp3) is 0.385. The highest BCUT2D eigenvalue weighted by atomic mass is 127. The van der Waals surface area contributed by atoms with Gasteiger partial charge in [0.2, 0.25) is 11.8 Å². The predicted octanol–water partition coefficient (Wildman–Crippen LogP) is 7.39. The van der Waals surface area contributed by atoms with Gasteiger partial charge in [-0.15, -0.1) is 0 Å². The number of pyridine rings is 2. The first kappa shape index (κ1) is 63.2. The van der Waals surface area contributed by atoms with E-state index in [2.05, 4.69) is 86.8 Å². The molecule has 0 radical (unpaired) electrons. The van der Waals surface area contributed by atoms with Crippen LogP contribution in [0.3, 0.4) is 0 Å². The summed E-state index contributed by atoms with van der Waals surface area (Å²) in [6, 6.07) is 26.9. The van der Waals surface area contributed by atoms with E-state index in [1.165, 1.54) is 38.3 Å². The molecular weight excluding hydrogens is 1250 g/mol. The second kappa shape index (κ2) is 27.4. The Hall–Kier alpha value is -8.37. The van der Waals surface area contributed by atoms with Crippen LogP contribution in [0.1, 0.15) is 105 Å². The van der Waals surface area contributed by atoms with Crippen LogP contribution in [-0.4, -0.2) is 176 Å². The molecule has 2 aliphatic carbocycles. The average molecular weight is 1330 g/mol. The second-order valence-corrected chi connectivity index (χ2v) is 25.4. The van der Waals surface area contributed by atoms with Gasteiger partial charge in [-0.25, -0.2) is 34.3 Å². The summed E-state index contributed by atoms with van der Waals surface area (Å²) < 4.78 is 16.6. The summed E-state index contributed by atoms with van der Waals surface area (Å²) in [4.78, 5) is 84.1. The number of carbonyl (C=O) groups excluding carboxylic acids is 4. The molecule has 2 atom stereocenters. The molecule has 2 saturated carbocycles. The topological polar surface area (TPSA) is 277 Å². The number of likely N-dealkylation sites (N-methyl/N-ethyl adjacent to an activating group) is 2. The number of aromatic nitrogens is 10. The molecule has 3 saturated heterocycles. The van der Waals surface area contributed by atoms with Gasteiger partial charge < -0.3 is 35.9 Å². The number of amides is 3. The minimum atomic E-state index is -0.407. The Morgan fingerprint density at radius 1 is 0.644 bits per heavy atom. The first-order chi connectivity index (χ1) is 43.3. The minimum Gasteiger partial charge on any atom is -0.399 e. The molecule has 9 heterocycles. The third-order valence-corrected chi connectivity index (χ3v) is 18.2. The number of hydrogen-bond donors (Lipinski definition) is 3. The van der Waals surface area contributed by atoms with Crippen molar-refractivity contribution in [1.29, 1.82) is 0 Å². The van der Waals surface area contributed by atoms with Gasteiger partial charge in [0, 0.05) is 98.3 Å². The van der Waals surface area contributed by atoms with Gasteiger partial charge in [0.1, 0.15) is 39.5 Å². The number of nitrogen functional groups attached to an aromatic ring is 2. The van der Waals surface area contributed by atoms with Crippen molar-refractivity contribution in [2.75, 3.05) is 70.1 Å². The number of rotatable bonds is 17. The molecule has 5 aliphatic rings. The van der Waals surface area contributed by atoms with Crippen LogP contribution < -0.4 is 22.2 Å². The number of anilines is 3. The van der Waals surface area contributed by atoms with Gasteiger partial charge in [0.15, 0.2) is 17.1 Å². The molecule has 8 aromatic rings. The van der Waals surface area contributed by atoms with Gasteiger partial charge in [-0.05, 0) is 145 Å². The van der Waals surface area contributed by atoms with E-state index in [1.54, 1.807) is 48.8 Å². The monoisotopic (exact) mass is 1330 g/mol. The minimum absolute atomic E-state index is 0.0112. The molecule has 3 aliphatic heterocycles. The molecule has 90 heavy (non-hydrogen) atoms. The maximum atomic E-state index is 12.8. The Morgan fingerprint density at radius 3 is 1.70 bits per heavy atom. The van der Waals surface area contributed by atoms with E-state index in [9.17, 15) is 19.2 Å². The Bertz CT molecular complexity index is 3920. The highest BCUT2D eigenvalue weighted by molar-refractivity contribution is 14.1. The molecule has 3 amide bonds. The Balaban J connectivity index is 0.000000146. The number of ketones is 1. The zero-order valence-corrected chi connectivity index (χ0v) is 53.7. The van der Waals surface area contributed by atoms with Gasteiger partial charge in [-0.3, -0.25) is 34.0 Å². The molecule has 0 unspecified atom stereocenters. The lowest BCUT2D eigenvalue weighted by molar-refractivity contribution is -0.125. The molecule has 0 bridgehead atoms. The molecule has 25 heteroatoms. The van der Waals surface area contributed by atoms with E-state index in [4.69, 9.17) is 25.9 Å². The first-order valence-corrected chi connectivity index (χ1v) is 31.5. The van der Waals surface area contributed by atoms with Crippen LogP contribution in [0.2, 0.25) is 0 Å². The summed E-state index contributed by atoms with van der Waals surface area (Å²) in [5, 5.41) is 13.7. The van der Waals surface area contributed by atoms with Crippen LogP contribution in [-0.2, 0) is 25.3 Å². The second-order valence-electron chi connectivity index (χ2n) is 24.4. The smallest absolute Gasteiger partial charge is 0.399 e. The van der Waals surface area contributed by atoms with Gasteiger partial charge in [0.05, 0.1) is 40.5 Å². The van der Waals surface area contributed by atoms with Crippen LogP contribution in [0.15, 0.2) is 134 Å². The molecule has 2 aromatic carbocycles. The Kier molecular flexibility index (Phi) is 19.2. The molecule has 5 fully saturated rings. The van der Waals surface area contributed by atoms with E-state index >= 15 is 0 Å². The molecule has 466 valence electrons. The van der Waals surface area contributed by atoms with Crippen molar-refractivity contribution in [3.05, 3.63) is 155 Å². The fourth-order valence-electron chi connectivity index (χ4n) is 11.1. The van der Waals surface area contributed by atoms with Crippen molar-refractivity contribution >= 4 is 98.2 Å². The van der Waals surface area contributed by atoms with E-state index in [0.29, 0.717) is 83.4 Å². The number of fused-ring (bicyclic) bond motifs is 2. The maximum Gasteiger partial charge on any atom is 0.494 e. The molecule has 13 rings (SSSR count). The van der Waals surface area contributed by atoms with Crippen molar-refractivity contribution in [2.24, 2.45) is 0 Å². The number of likely N-dealkylation sites (tertiary alicyclic amines) is 2. The molecule has 0 spiro atoms. The summed E-state index contributed by atoms with van der Waals surface area (Å²) >= 11 is 2.16. The quantitative estimate of drug-likeness (QED) is 0.0347. The first-order valence-electron chi connectivity index (χ1n) is 30.5. The standard InChI is InChI=1S/C29H31N9O2.C19H22BNO3.C17H22IN7O/c1-36(21-11-12-21)15-4-6-24(39)37-16-13-22(17-37)38-28-25(27(30)32-18-33-28)26(35-38)19-7-9-20(10-8-19)29(40)34-23-5-2-3-14-31-23;1-18(2)19(3,4)24-20(23-18)15-10-8-14(9-11-15)17(22)13-16-7-5-6-12-21-16;1-23(11-4-5-11)7-2-3-13(26)24-8-6-12(9-24)25-17-14(15(18)22-25)16(19)20-10-21-17/h2-10,14,18,21-22H,11-13,15-17H2,1H3,(H2,30,32,33)(H,31,34,40);5-12H,13H2,1-4H3;2-3,10-12H,4-9H2,1H3,(H2,19,20,21)/b6-4+;;3-2+/t22-;;12-/m1.1/s1. The lowest BCUT2D eigenvalue weighted by Gasteiger charge is -2.32. The molecular formula is C65H75BIN17O6. The van der Waals surface area contributed by atoms with Crippen LogP contribution in [0.25, 0.3) is 33.3 Å². The van der Waals surface area contributed by atoms with E-state index < -0.39 is 7.12 Å². The number of hydrogen-bond acceptors (Lipinski definition) is 18. The zero-order valence-electron chi connectivity index (χ0n) is 51.5. The van der Waals surface area contributed by atoms with Crippen molar-refractivity contribution in [3.63, 3.8) is 0 Å². The van der Waals surface area contributed by atoms with Gasteiger partial charge in [-0.2, -0.15) is 10.2 Å². The molecule has 6 aromatic heterocycles. The van der Waals surface area contributed by atoms with Crippen LogP contribution >= 0.6 is 22.6 Å². The zero-order chi connectivity index (χ0) is 63.3. The molecule has 5 N–H and O–H groups in total. The maximum absolute atomic E-state index is 12.8. The van der Waals surface area contributed by atoms with E-state index in [0.717, 1.165) is 63.9 Å². The molecule has 23 nitrogen and oxygen atoms in total. The summed E-state index contributed by atoms with van der Waals surface area (Å²) in [6.45, 7) is 12.2. The number of carbonyl (C=O) groups is 4. The largest absolute Gasteiger partial charge is 0.494 e. The third kappa shape index (κ3) is 14.8. The number of nitrogens with zero attached hydrogens (tertiary/aromatic N) is 14. The lowest BCUT2D eigenvalue weighted by Crippen LogP contribution is -2.41. The number of nitrogens with one attached hydrogen (secondary N) is 1. The third-order valence-electron chi connectivity index (χ3n) is 17.4. The summed E-state index contributed by atoms with van der Waals surface area (Å²) in [7, 11) is 3.79. The van der Waals surface area contributed by atoms with Crippen molar-refractivity contribution in [2.45, 2.75) is 108 Å². The number of nitrogens with two attached hydrogens (primary N) is 2. The van der Waals surface area contributed by atoms with Gasteiger partial charge in [-0.1, -0.05) is 60.7 Å². The summed E-state index contributed by atoms with van der Waals surface area (Å²) in [6.07, 6.45) is 20.5. The van der Waals surface area contributed by atoms with Crippen LogP contribution in [0.5, 0.6) is 0 Å².